The minimum absolute atomic E-state index is 0.160. The third kappa shape index (κ3) is 4.54. The van der Waals surface area contributed by atoms with Crippen LogP contribution in [-0.4, -0.2) is 57.3 Å². The minimum atomic E-state index is -0.160. The van der Waals surface area contributed by atoms with Crippen molar-refractivity contribution in [2.45, 2.75) is 56.6 Å². The summed E-state index contributed by atoms with van der Waals surface area (Å²) in [6, 6.07) is 0.574. The van der Waals surface area contributed by atoms with E-state index in [0.717, 1.165) is 55.2 Å². The number of ether oxygens (including phenoxy) is 1. The van der Waals surface area contributed by atoms with Crippen molar-refractivity contribution in [1.29, 1.82) is 0 Å². The van der Waals surface area contributed by atoms with Crippen LogP contribution in [0, 0.1) is 0 Å². The molecule has 0 spiro atoms. The first-order chi connectivity index (χ1) is 12.2. The summed E-state index contributed by atoms with van der Waals surface area (Å²) in [6.07, 6.45) is 6.17. The lowest BCUT2D eigenvalue weighted by Crippen LogP contribution is -2.34. The molecule has 1 saturated heterocycles. The normalized spacial score (nSPS) is 23.7. The van der Waals surface area contributed by atoms with Gasteiger partial charge in [-0.15, -0.1) is 11.8 Å². The van der Waals surface area contributed by atoms with Crippen molar-refractivity contribution >= 4 is 35.2 Å². The van der Waals surface area contributed by atoms with E-state index in [-0.39, 0.29) is 12.1 Å². The van der Waals surface area contributed by atoms with Crippen LogP contribution in [0.4, 0.5) is 4.79 Å². The van der Waals surface area contributed by atoms with Crippen LogP contribution >= 0.6 is 23.5 Å². The van der Waals surface area contributed by atoms with Crippen LogP contribution in [0.2, 0.25) is 0 Å². The van der Waals surface area contributed by atoms with Gasteiger partial charge < -0.3 is 15.0 Å². The van der Waals surface area contributed by atoms with Gasteiger partial charge in [-0.2, -0.15) is 8.75 Å². The van der Waals surface area contributed by atoms with Gasteiger partial charge in [-0.3, -0.25) is 0 Å². The van der Waals surface area contributed by atoms with E-state index in [0.29, 0.717) is 12.6 Å². The maximum absolute atomic E-state index is 11.8. The number of carbonyl (C=O) groups is 1. The minimum Gasteiger partial charge on any atom is -0.447 e. The van der Waals surface area contributed by atoms with E-state index < -0.39 is 0 Å². The average molecular weight is 383 g/mol. The van der Waals surface area contributed by atoms with E-state index in [9.17, 15) is 4.79 Å². The number of hydrogen-bond acceptors (Lipinski definition) is 7. The van der Waals surface area contributed by atoms with Gasteiger partial charge in [-0.1, -0.05) is 19.4 Å². The highest BCUT2D eigenvalue weighted by atomic mass is 32.2. The van der Waals surface area contributed by atoms with Gasteiger partial charge in [0.05, 0.1) is 17.8 Å². The zero-order chi connectivity index (χ0) is 17.6. The van der Waals surface area contributed by atoms with E-state index in [1.165, 1.54) is 17.3 Å². The molecule has 1 fully saturated rings. The van der Waals surface area contributed by atoms with Crippen molar-refractivity contribution in [2.24, 2.45) is 0 Å². The smallest absolute Gasteiger partial charge is 0.410 e. The summed E-state index contributed by atoms with van der Waals surface area (Å²) < 4.78 is 14.2. The maximum Gasteiger partial charge on any atom is 0.410 e. The van der Waals surface area contributed by atoms with Crippen LogP contribution in [0.1, 0.15) is 45.2 Å². The fraction of sp³-hybridized carbons (Fsp3) is 0.706. The van der Waals surface area contributed by atoms with E-state index in [1.807, 2.05) is 4.90 Å². The van der Waals surface area contributed by atoms with E-state index in [2.05, 4.69) is 34.0 Å². The van der Waals surface area contributed by atoms with Gasteiger partial charge in [0.15, 0.2) is 0 Å². The zero-order valence-corrected chi connectivity index (χ0v) is 16.5. The van der Waals surface area contributed by atoms with Gasteiger partial charge in [0.1, 0.15) is 17.3 Å². The highest BCUT2D eigenvalue weighted by molar-refractivity contribution is 7.99. The van der Waals surface area contributed by atoms with Crippen molar-refractivity contribution in [3.05, 3.63) is 11.8 Å². The Kier molecular flexibility index (Phi) is 6.72. The molecule has 1 aromatic rings. The number of carbonyl (C=O) groups excluding carboxylic acids is 1. The third-order valence-electron chi connectivity index (χ3n) is 4.64. The summed E-state index contributed by atoms with van der Waals surface area (Å²) >= 11 is 3.02. The predicted octanol–water partition coefficient (Wildman–Crippen LogP) is 3.41. The Labute approximate surface area is 157 Å². The first-order valence-electron chi connectivity index (χ1n) is 9.03. The Morgan fingerprint density at radius 1 is 1.48 bits per heavy atom. The standard InChI is InChI=1S/C17H26N4O2S2/c1-3-6-13-11-23-17(22)21(13)9-5-10-24-16-15(19-25-20-16)14-7-4-8-18-12(14)2/h7,12-13,18H,3-6,8-11H2,1-2H3. The lowest BCUT2D eigenvalue weighted by Gasteiger charge is -2.21. The largest absolute Gasteiger partial charge is 0.447 e. The highest BCUT2D eigenvalue weighted by Crippen LogP contribution is 2.30. The maximum atomic E-state index is 11.8. The predicted molar refractivity (Wildman–Crippen MR) is 102 cm³/mol. The molecule has 1 aromatic heterocycles. The number of nitrogens with one attached hydrogen (secondary N) is 1. The third-order valence-corrected chi connectivity index (χ3v) is 6.33. The summed E-state index contributed by atoms with van der Waals surface area (Å²) in [7, 11) is 0. The van der Waals surface area contributed by atoms with Crippen molar-refractivity contribution in [2.75, 3.05) is 25.4 Å². The Bertz CT molecular complexity index is 620. The van der Waals surface area contributed by atoms with E-state index in [4.69, 9.17) is 4.74 Å². The summed E-state index contributed by atoms with van der Waals surface area (Å²) in [5, 5.41) is 4.49. The highest BCUT2D eigenvalue weighted by Gasteiger charge is 2.31. The summed E-state index contributed by atoms with van der Waals surface area (Å²) in [4.78, 5) is 13.7. The van der Waals surface area contributed by atoms with Crippen LogP contribution in [-0.2, 0) is 4.74 Å². The Balaban J connectivity index is 1.51. The quantitative estimate of drug-likeness (QED) is 0.549. The second-order valence-corrected chi connectivity index (χ2v) is 8.07. The molecule has 3 heterocycles. The van der Waals surface area contributed by atoms with Crippen molar-refractivity contribution in [1.82, 2.24) is 19.0 Å². The van der Waals surface area contributed by atoms with Crippen LogP contribution < -0.4 is 5.32 Å². The molecule has 0 aromatic carbocycles. The molecule has 8 heteroatoms. The van der Waals surface area contributed by atoms with Gasteiger partial charge in [-0.25, -0.2) is 4.79 Å². The van der Waals surface area contributed by atoms with Crippen LogP contribution in [0.15, 0.2) is 11.1 Å². The molecule has 138 valence electrons. The molecule has 0 bridgehead atoms. The molecule has 0 radical (unpaired) electrons. The lowest BCUT2D eigenvalue weighted by atomic mass is 10.0. The first kappa shape index (κ1) is 18.7. The lowest BCUT2D eigenvalue weighted by molar-refractivity contribution is 0.157. The number of nitrogens with zero attached hydrogens (tertiary/aromatic N) is 3. The SMILES string of the molecule is CCCC1COC(=O)N1CCCSc1nsnc1C1=CCCNC1C. The van der Waals surface area contributed by atoms with E-state index in [1.54, 1.807) is 11.8 Å². The van der Waals surface area contributed by atoms with Crippen LogP contribution in [0.5, 0.6) is 0 Å². The fourth-order valence-corrected chi connectivity index (χ4v) is 4.92. The molecule has 2 aliphatic rings. The number of rotatable bonds is 8. The molecule has 2 unspecified atom stereocenters. The topological polar surface area (TPSA) is 67.3 Å². The second kappa shape index (κ2) is 9.00. The first-order valence-corrected chi connectivity index (χ1v) is 10.7. The van der Waals surface area contributed by atoms with Gasteiger partial charge in [-0.05, 0) is 38.3 Å². The van der Waals surface area contributed by atoms with Crippen LogP contribution in [0.25, 0.3) is 5.57 Å². The number of cyclic esters (lactones) is 1. The molecular formula is C17H26N4O2S2. The Hall–Kier alpha value is -1.12. The van der Waals surface area contributed by atoms with Crippen molar-refractivity contribution < 1.29 is 9.53 Å². The average Bonchev–Trinajstić information content (AvgIpc) is 3.20. The van der Waals surface area contributed by atoms with Gasteiger partial charge >= 0.3 is 6.09 Å². The van der Waals surface area contributed by atoms with Gasteiger partial charge in [0.25, 0.3) is 0 Å². The van der Waals surface area contributed by atoms with Crippen molar-refractivity contribution in [3.63, 3.8) is 0 Å². The van der Waals surface area contributed by atoms with E-state index >= 15 is 0 Å². The monoisotopic (exact) mass is 382 g/mol. The number of amides is 1. The number of thioether (sulfide) groups is 1. The molecule has 0 aliphatic carbocycles. The molecule has 0 saturated carbocycles. The molecular weight excluding hydrogens is 356 g/mol. The van der Waals surface area contributed by atoms with Gasteiger partial charge in [0.2, 0.25) is 0 Å². The summed E-state index contributed by atoms with van der Waals surface area (Å²) in [6.45, 7) is 6.63. The van der Waals surface area contributed by atoms with Crippen molar-refractivity contribution in [3.8, 4) is 0 Å². The fourth-order valence-electron chi connectivity index (χ4n) is 3.31. The van der Waals surface area contributed by atoms with Gasteiger partial charge in [0, 0.05) is 18.3 Å². The molecule has 1 N–H and O–H groups in total. The zero-order valence-electron chi connectivity index (χ0n) is 14.9. The Morgan fingerprint density at radius 2 is 2.36 bits per heavy atom. The summed E-state index contributed by atoms with van der Waals surface area (Å²) in [5.41, 5.74) is 2.28. The number of aromatic nitrogens is 2. The molecule has 6 nitrogen and oxygen atoms in total. The second-order valence-electron chi connectivity index (χ2n) is 6.46. The molecule has 2 atom stereocenters. The summed E-state index contributed by atoms with van der Waals surface area (Å²) in [5.74, 6) is 0.927. The molecule has 1 amide bonds. The molecule has 25 heavy (non-hydrogen) atoms. The Morgan fingerprint density at radius 3 is 3.16 bits per heavy atom. The molecule has 2 aliphatic heterocycles. The molecule has 3 rings (SSSR count). The van der Waals surface area contributed by atoms with Crippen LogP contribution in [0.3, 0.4) is 0 Å². The number of hydrogen-bond donors (Lipinski definition) is 1.